The molecule has 0 aliphatic carbocycles. The van der Waals surface area contributed by atoms with E-state index in [1.807, 2.05) is 12.1 Å². The van der Waals surface area contributed by atoms with Crippen molar-refractivity contribution < 1.29 is 18.8 Å². The number of amides is 4. The number of urea groups is 1. The Labute approximate surface area is 202 Å². The summed E-state index contributed by atoms with van der Waals surface area (Å²) in [5, 5.41) is 3.35. The number of hydrogen-bond donors (Lipinski definition) is 1. The predicted molar refractivity (Wildman–Crippen MR) is 125 cm³/mol. The summed E-state index contributed by atoms with van der Waals surface area (Å²) in [6.45, 7) is 0. The van der Waals surface area contributed by atoms with Gasteiger partial charge in [0.05, 0.1) is 10.2 Å². The highest BCUT2D eigenvalue weighted by molar-refractivity contribution is 9.10. The molecule has 0 spiro atoms. The second-order valence-electron chi connectivity index (χ2n) is 6.28. The number of nitrogens with one attached hydrogen (secondary N) is 1. The molecule has 0 radical (unpaired) electrons. The molecule has 10 heteroatoms. The van der Waals surface area contributed by atoms with Crippen LogP contribution in [0.3, 0.4) is 0 Å². The van der Waals surface area contributed by atoms with Crippen LogP contribution in [0.2, 0.25) is 5.02 Å². The van der Waals surface area contributed by atoms with E-state index in [4.69, 9.17) is 16.0 Å². The molecule has 4 rings (SSSR count). The Morgan fingerprint density at radius 1 is 1.03 bits per heavy atom. The first-order valence-corrected chi connectivity index (χ1v) is 11.5. The number of benzene rings is 2. The Morgan fingerprint density at radius 3 is 2.48 bits per heavy atom. The minimum absolute atomic E-state index is 0.219. The van der Waals surface area contributed by atoms with Crippen molar-refractivity contribution in [2.24, 2.45) is 0 Å². The second-order valence-corrected chi connectivity index (χ2v) is 9.53. The molecule has 0 saturated carbocycles. The lowest BCUT2D eigenvalue weighted by molar-refractivity contribution is -0.122. The van der Waals surface area contributed by atoms with Gasteiger partial charge >= 0.3 is 6.03 Å². The zero-order valence-electron chi connectivity index (χ0n) is 15.4. The molecule has 0 atom stereocenters. The van der Waals surface area contributed by atoms with Crippen LogP contribution in [0.1, 0.15) is 5.76 Å². The Balaban J connectivity index is 1.64. The van der Waals surface area contributed by atoms with Gasteiger partial charge in [0.2, 0.25) is 0 Å². The molecular weight excluding hydrogens is 572 g/mol. The van der Waals surface area contributed by atoms with E-state index in [1.165, 1.54) is 17.8 Å². The maximum absolute atomic E-state index is 13.0. The Bertz CT molecular complexity index is 1240. The number of carbonyl (C=O) groups excluding carboxylic acids is 3. The van der Waals surface area contributed by atoms with Gasteiger partial charge in [-0.1, -0.05) is 45.4 Å². The van der Waals surface area contributed by atoms with E-state index in [0.717, 1.165) is 9.80 Å². The number of furan rings is 1. The molecule has 0 bridgehead atoms. The lowest BCUT2D eigenvalue weighted by Crippen LogP contribution is -2.54. The zero-order valence-corrected chi connectivity index (χ0v) is 20.1. The van der Waals surface area contributed by atoms with Crippen molar-refractivity contribution in [1.29, 1.82) is 0 Å². The van der Waals surface area contributed by atoms with E-state index in [9.17, 15) is 14.4 Å². The number of halogens is 3. The van der Waals surface area contributed by atoms with Gasteiger partial charge in [-0.3, -0.25) is 14.9 Å². The zero-order chi connectivity index (χ0) is 22.1. The molecule has 1 aromatic heterocycles. The minimum atomic E-state index is -0.815. The molecule has 1 saturated heterocycles. The number of anilines is 1. The third kappa shape index (κ3) is 4.79. The number of imide groups is 2. The predicted octanol–water partition coefficient (Wildman–Crippen LogP) is 6.28. The van der Waals surface area contributed by atoms with Crippen molar-refractivity contribution in [2.75, 3.05) is 4.90 Å². The summed E-state index contributed by atoms with van der Waals surface area (Å²) >= 11 is 14.0. The van der Waals surface area contributed by atoms with Gasteiger partial charge in [-0.15, -0.1) is 0 Å². The Morgan fingerprint density at radius 2 is 1.77 bits per heavy atom. The van der Waals surface area contributed by atoms with Crippen molar-refractivity contribution in [3.8, 4) is 0 Å². The van der Waals surface area contributed by atoms with E-state index >= 15 is 0 Å². The second kappa shape index (κ2) is 9.04. The summed E-state index contributed by atoms with van der Waals surface area (Å²) in [4.78, 5) is 39.4. The third-order valence-corrected chi connectivity index (χ3v) is 6.75. The molecule has 31 heavy (non-hydrogen) atoms. The Hall–Kier alpha value is -2.33. The van der Waals surface area contributed by atoms with Crippen LogP contribution in [0.25, 0.3) is 6.08 Å². The maximum atomic E-state index is 13.0. The monoisotopic (exact) mass is 580 g/mol. The van der Waals surface area contributed by atoms with Crippen molar-refractivity contribution in [3.63, 3.8) is 0 Å². The van der Waals surface area contributed by atoms with Crippen LogP contribution in [-0.2, 0) is 9.59 Å². The summed E-state index contributed by atoms with van der Waals surface area (Å²) in [6, 6.07) is 14.7. The van der Waals surface area contributed by atoms with Gasteiger partial charge in [0.25, 0.3) is 11.8 Å². The first-order chi connectivity index (χ1) is 14.8. The van der Waals surface area contributed by atoms with Crippen LogP contribution in [0, 0.1) is 0 Å². The highest BCUT2D eigenvalue weighted by Crippen LogP contribution is 2.37. The molecule has 4 amide bonds. The van der Waals surface area contributed by atoms with Crippen LogP contribution in [-0.4, -0.2) is 17.8 Å². The molecule has 3 aromatic rings. The molecule has 1 fully saturated rings. The van der Waals surface area contributed by atoms with Gasteiger partial charge in [0.1, 0.15) is 11.3 Å². The van der Waals surface area contributed by atoms with Gasteiger partial charge in [-0.2, -0.15) is 0 Å². The fourth-order valence-electron chi connectivity index (χ4n) is 2.77. The summed E-state index contributed by atoms with van der Waals surface area (Å²) in [6.07, 6.45) is 1.31. The van der Waals surface area contributed by atoms with Crippen LogP contribution < -0.4 is 10.2 Å². The van der Waals surface area contributed by atoms with Crippen molar-refractivity contribution >= 4 is 84.8 Å². The van der Waals surface area contributed by atoms with E-state index in [0.29, 0.717) is 24.7 Å². The SMILES string of the molecule is O=C1NC(=O)N(c2cccc(Br)c2)C(=O)/C1=C/c1cc(Br)c(Sc2ccc(Cl)cc2)o1. The molecule has 156 valence electrons. The minimum Gasteiger partial charge on any atom is -0.449 e. The van der Waals surface area contributed by atoms with Crippen LogP contribution in [0.15, 0.2) is 83.5 Å². The average molecular weight is 583 g/mol. The van der Waals surface area contributed by atoms with Gasteiger partial charge in [0.15, 0.2) is 5.09 Å². The van der Waals surface area contributed by atoms with E-state index in [1.54, 1.807) is 42.5 Å². The third-order valence-electron chi connectivity index (χ3n) is 4.15. The topological polar surface area (TPSA) is 79.6 Å². The van der Waals surface area contributed by atoms with Crippen molar-refractivity contribution in [1.82, 2.24) is 5.32 Å². The van der Waals surface area contributed by atoms with E-state index in [2.05, 4.69) is 37.2 Å². The van der Waals surface area contributed by atoms with E-state index < -0.39 is 17.8 Å². The largest absolute Gasteiger partial charge is 0.449 e. The standard InChI is InChI=1S/C21H11Br2ClN2O4S/c22-11-2-1-3-13(8-11)26-19(28)16(18(27)25-21(26)29)9-14-10-17(23)20(30-14)31-15-6-4-12(24)5-7-15/h1-10H,(H,25,27,29)/b16-9+. The molecule has 0 unspecified atom stereocenters. The number of nitrogens with zero attached hydrogens (tertiary/aromatic N) is 1. The van der Waals surface area contributed by atoms with E-state index in [-0.39, 0.29) is 11.3 Å². The van der Waals surface area contributed by atoms with Gasteiger partial charge in [-0.25, -0.2) is 9.69 Å². The summed E-state index contributed by atoms with van der Waals surface area (Å²) in [7, 11) is 0. The summed E-state index contributed by atoms with van der Waals surface area (Å²) in [5.74, 6) is -1.25. The molecule has 1 N–H and O–H groups in total. The van der Waals surface area contributed by atoms with Crippen LogP contribution >= 0.6 is 55.2 Å². The molecule has 1 aliphatic rings. The Kier molecular flexibility index (Phi) is 6.38. The summed E-state index contributed by atoms with van der Waals surface area (Å²) < 4.78 is 7.14. The normalized spacial score (nSPS) is 15.5. The van der Waals surface area contributed by atoms with Gasteiger partial charge in [0, 0.05) is 14.4 Å². The smallest absolute Gasteiger partial charge is 0.335 e. The van der Waals surface area contributed by atoms with Gasteiger partial charge in [-0.05, 0) is 70.5 Å². The molecule has 2 heterocycles. The molecule has 2 aromatic carbocycles. The fraction of sp³-hybridized carbons (Fsp3) is 0. The molecular formula is C21H11Br2ClN2O4S. The van der Waals surface area contributed by atoms with Crippen molar-refractivity contribution in [3.05, 3.63) is 79.9 Å². The number of carbonyl (C=O) groups is 3. The quantitative estimate of drug-likeness (QED) is 0.290. The number of hydrogen-bond acceptors (Lipinski definition) is 5. The first-order valence-electron chi connectivity index (χ1n) is 8.71. The highest BCUT2D eigenvalue weighted by atomic mass is 79.9. The number of rotatable bonds is 4. The molecule has 6 nitrogen and oxygen atoms in total. The first kappa shape index (κ1) is 21.9. The lowest BCUT2D eigenvalue weighted by Gasteiger charge is -2.26. The van der Waals surface area contributed by atoms with Crippen LogP contribution in [0.4, 0.5) is 10.5 Å². The fourth-order valence-corrected chi connectivity index (χ4v) is 4.61. The van der Waals surface area contributed by atoms with Crippen LogP contribution in [0.5, 0.6) is 0 Å². The van der Waals surface area contributed by atoms with Crippen molar-refractivity contribution in [2.45, 2.75) is 9.99 Å². The highest BCUT2D eigenvalue weighted by Gasteiger charge is 2.37. The molecule has 1 aliphatic heterocycles. The van der Waals surface area contributed by atoms with Gasteiger partial charge < -0.3 is 4.42 Å². The number of barbiturate groups is 1. The maximum Gasteiger partial charge on any atom is 0.335 e. The summed E-state index contributed by atoms with van der Waals surface area (Å²) in [5.41, 5.74) is 0.110. The lowest BCUT2D eigenvalue weighted by atomic mass is 10.1. The average Bonchev–Trinajstić information content (AvgIpc) is 3.06.